The molecule has 0 radical (unpaired) electrons. The number of carbonyl (C=O) groups is 11. The van der Waals surface area contributed by atoms with Gasteiger partial charge in [-0.2, -0.15) is 4.31 Å². The largest absolute Gasteiger partial charge is 0.481 e. The molecule has 2 heterocycles. The second-order valence-electron chi connectivity index (χ2n) is 24.6. The number of carbonyl (C=O) groups excluding carboxylic acids is 11. The summed E-state index contributed by atoms with van der Waals surface area (Å²) in [6, 6.07) is 3.78. The average molecular weight is 1440 g/mol. The molecule has 0 saturated carbocycles. The second kappa shape index (κ2) is 44.3. The van der Waals surface area contributed by atoms with Crippen LogP contribution in [0.4, 0.5) is 4.79 Å². The molecule has 1 aromatic carbocycles. The highest BCUT2D eigenvalue weighted by atomic mass is 31.3. The van der Waals surface area contributed by atoms with Crippen molar-refractivity contribution >= 4 is 80.8 Å². The molecule has 6 N–H and O–H groups in total. The molecule has 3 rings (SSSR count). The number of ketones is 1. The van der Waals surface area contributed by atoms with E-state index in [1.165, 1.54) is 58.0 Å². The number of unbranched alkanes of at least 4 members (excludes halogenated alkanes) is 2. The highest BCUT2D eigenvalue weighted by Crippen LogP contribution is 2.60. The lowest BCUT2D eigenvalue weighted by atomic mass is 9.90. The van der Waals surface area contributed by atoms with Crippen LogP contribution in [0.25, 0.3) is 0 Å². The van der Waals surface area contributed by atoms with E-state index in [2.05, 4.69) is 25.6 Å². The molecule has 11 atom stereocenters. The van der Waals surface area contributed by atoms with Gasteiger partial charge in [-0.05, 0) is 83.3 Å². The summed E-state index contributed by atoms with van der Waals surface area (Å²) >= 11 is 0. The molecule has 0 bridgehead atoms. The van der Waals surface area contributed by atoms with Crippen LogP contribution >= 0.6 is 15.6 Å². The topological polar surface area (TPSA) is 403 Å². The molecular weight excluding hydrogens is 1340 g/mol. The van der Waals surface area contributed by atoms with Gasteiger partial charge in [-0.25, -0.2) is 23.5 Å². The van der Waals surface area contributed by atoms with Crippen molar-refractivity contribution in [2.75, 3.05) is 86.6 Å². The number of Topliss-reactive ketones (excluding diaryl/α,β-unsaturated/α-hetero) is 1. The number of likely N-dealkylation sites (N-methyl/N-ethyl adjacent to an activating group) is 2. The fraction of sp³-hybridized carbons (Fsp3) is 0.652. The summed E-state index contributed by atoms with van der Waals surface area (Å²) in [5.41, 5.74) is 1.07. The Morgan fingerprint density at radius 2 is 1.33 bits per heavy atom. The van der Waals surface area contributed by atoms with E-state index in [1.54, 1.807) is 84.9 Å². The predicted octanol–water partition coefficient (Wildman–Crippen LogP) is 5.11. The summed E-state index contributed by atoms with van der Waals surface area (Å²) in [5.74, 6) is -7.78. The maximum atomic E-state index is 14.3. The molecular formula is C66H103N7O24P2. The first-order valence-corrected chi connectivity index (χ1v) is 36.3. The maximum Gasteiger partial charge on any atom is 0.481 e. The predicted molar refractivity (Wildman–Crippen MR) is 359 cm³/mol. The molecule has 2 aliphatic heterocycles. The fourth-order valence-electron chi connectivity index (χ4n) is 10.0. The Bertz CT molecular complexity index is 3040. The van der Waals surface area contributed by atoms with Gasteiger partial charge in [0.05, 0.1) is 52.8 Å². The highest BCUT2D eigenvalue weighted by molar-refractivity contribution is 7.61. The maximum absolute atomic E-state index is 14.3. The monoisotopic (exact) mass is 1440 g/mol. The number of nitrogens with one attached hydrogen (secondary N) is 4. The third-order valence-corrected chi connectivity index (χ3v) is 18.8. The minimum absolute atomic E-state index is 0.00798. The standard InChI is InChI=1S/C66H103N7O24P2/c1-13-44(5)58-61(79)69-49(10)65(83)96-59(45(6)14-2)47(8)53(27-26-46(7)64(82)94-54(40-43(3)4)60(78)68-48(9)62(80)72(12)52(41-50-22-17-15-18-23-50)63(81)71(11)42-55(75)70-58)95-66(84)67-30-33-92-98(85,86)97-99(87,88)93-39-38-91-37-36-90-35-34-89-32-21-25-51(74)24-19-16-20-31-73-56(76)28-29-57(73)77/h14-15,17-18,22-23,26,28-29,43-44,47-49,52-54,58-59H,13,16,19-21,24-25,27,30-42H2,1-12H3,(H,67,84)(H,68,78)(H,69,79)(H,70,75)(H,85,86)(H,87,88)/b45-14+,46-26+/t44?,47-,48-,49+,52+,53-,54+,58-,59+/m0/s1. The van der Waals surface area contributed by atoms with Crippen molar-refractivity contribution in [3.8, 4) is 0 Å². The van der Waals surface area contributed by atoms with Crippen molar-refractivity contribution in [1.29, 1.82) is 0 Å². The minimum atomic E-state index is -5.33. The summed E-state index contributed by atoms with van der Waals surface area (Å²) in [7, 11) is -7.81. The number of hydrogen-bond acceptors (Lipinski definition) is 22. The van der Waals surface area contributed by atoms with Crippen molar-refractivity contribution in [2.45, 2.75) is 176 Å². The van der Waals surface area contributed by atoms with Crippen molar-refractivity contribution < 1.29 is 113 Å². The highest BCUT2D eigenvalue weighted by Gasteiger charge is 2.39. The van der Waals surface area contributed by atoms with Gasteiger partial charge in [0.15, 0.2) is 6.10 Å². The first kappa shape index (κ1) is 86.2. The number of amides is 8. The van der Waals surface area contributed by atoms with E-state index in [0.29, 0.717) is 69.2 Å². The number of allylic oxidation sites excluding steroid dienone is 1. The molecule has 0 aliphatic carbocycles. The molecule has 0 aromatic heterocycles. The Kier molecular flexibility index (Phi) is 38.5. The molecule has 31 nitrogen and oxygen atoms in total. The number of cyclic esters (lactones) is 2. The summed E-state index contributed by atoms with van der Waals surface area (Å²) in [4.78, 5) is 171. The molecule has 1 aromatic rings. The van der Waals surface area contributed by atoms with Gasteiger partial charge in [0, 0.05) is 83.1 Å². The van der Waals surface area contributed by atoms with Gasteiger partial charge in [-0.15, -0.1) is 0 Å². The number of phosphoric ester groups is 2. The van der Waals surface area contributed by atoms with Crippen LogP contribution in [0.2, 0.25) is 0 Å². The van der Waals surface area contributed by atoms with Crippen molar-refractivity contribution in [3.05, 3.63) is 71.3 Å². The van der Waals surface area contributed by atoms with Crippen LogP contribution in [0, 0.1) is 17.8 Å². The van der Waals surface area contributed by atoms with Crippen LogP contribution in [0.1, 0.15) is 133 Å². The van der Waals surface area contributed by atoms with Crippen LogP contribution in [0.15, 0.2) is 65.8 Å². The lowest BCUT2D eigenvalue weighted by Gasteiger charge is -2.33. The number of hydrogen-bond donors (Lipinski definition) is 6. The van der Waals surface area contributed by atoms with Crippen LogP contribution in [-0.4, -0.2) is 219 Å². The van der Waals surface area contributed by atoms with Gasteiger partial charge in [-0.3, -0.25) is 52.3 Å². The Hall–Kier alpha value is -7.05. The number of rotatable bonds is 34. The Balaban J connectivity index is 1.67. The minimum Gasteiger partial charge on any atom is -0.456 e. The normalized spacial score (nSPS) is 23.9. The van der Waals surface area contributed by atoms with Gasteiger partial charge < -0.3 is 69.3 Å². The third-order valence-electron chi connectivity index (χ3n) is 16.1. The summed E-state index contributed by atoms with van der Waals surface area (Å²) < 4.78 is 73.1. The molecule has 8 amide bonds. The Morgan fingerprint density at radius 3 is 1.94 bits per heavy atom. The smallest absolute Gasteiger partial charge is 0.456 e. The van der Waals surface area contributed by atoms with Crippen LogP contribution in [0.3, 0.4) is 0 Å². The lowest BCUT2D eigenvalue weighted by Crippen LogP contribution is -2.57. The number of alkyl carbamates (subject to hydrolysis) is 1. The first-order valence-electron chi connectivity index (χ1n) is 33.3. The van der Waals surface area contributed by atoms with E-state index in [9.17, 15) is 71.7 Å². The zero-order valence-electron chi connectivity index (χ0n) is 58.9. The molecule has 0 spiro atoms. The average Bonchev–Trinajstić information content (AvgIpc) is 1.46. The zero-order chi connectivity index (χ0) is 74.0. The van der Waals surface area contributed by atoms with Crippen LogP contribution in [-0.2, 0) is 105 Å². The van der Waals surface area contributed by atoms with E-state index >= 15 is 0 Å². The summed E-state index contributed by atoms with van der Waals surface area (Å²) in [5, 5.41) is 10.3. The van der Waals surface area contributed by atoms with E-state index in [-0.39, 0.29) is 81.4 Å². The van der Waals surface area contributed by atoms with Crippen molar-refractivity contribution in [3.63, 3.8) is 0 Å². The number of nitrogens with zero attached hydrogens (tertiary/aromatic N) is 3. The molecule has 0 saturated heterocycles. The van der Waals surface area contributed by atoms with E-state index in [4.69, 9.17) is 37.5 Å². The number of imide groups is 1. The fourth-order valence-corrected chi connectivity index (χ4v) is 12.1. The number of phosphoric acid groups is 2. The molecule has 0 fully saturated rings. The van der Waals surface area contributed by atoms with Crippen molar-refractivity contribution in [1.82, 2.24) is 36.0 Å². The molecule has 556 valence electrons. The van der Waals surface area contributed by atoms with Gasteiger partial charge in [0.25, 0.3) is 17.7 Å². The van der Waals surface area contributed by atoms with Gasteiger partial charge in [0.2, 0.25) is 23.6 Å². The van der Waals surface area contributed by atoms with Crippen LogP contribution in [0.5, 0.6) is 0 Å². The molecule has 3 unspecified atom stereocenters. The number of ether oxygens (including phenoxy) is 6. The van der Waals surface area contributed by atoms with E-state index in [1.807, 2.05) is 0 Å². The van der Waals surface area contributed by atoms with E-state index in [0.717, 1.165) is 9.80 Å². The van der Waals surface area contributed by atoms with Crippen LogP contribution < -0.4 is 21.3 Å². The quantitative estimate of drug-likeness (QED) is 0.0130. The first-order chi connectivity index (χ1) is 46.7. The van der Waals surface area contributed by atoms with Gasteiger partial charge >= 0.3 is 33.7 Å². The lowest BCUT2D eigenvalue weighted by molar-refractivity contribution is -0.155. The zero-order valence-corrected chi connectivity index (χ0v) is 60.7. The number of esters is 2. The Labute approximate surface area is 579 Å². The molecule has 2 aliphatic rings. The van der Waals surface area contributed by atoms with Gasteiger partial charge in [-0.1, -0.05) is 89.9 Å². The van der Waals surface area contributed by atoms with E-state index < -0.39 is 144 Å². The van der Waals surface area contributed by atoms with Crippen molar-refractivity contribution in [2.24, 2.45) is 17.8 Å². The SMILES string of the molecule is C/C=C(\C)[C@H]1OC(=O)[C@@H](C)NC(=O)[C@H](C(C)CC)NC(=O)CN(C)C(=O)[C@@H](Cc2ccccc2)N(C)C(=O)[C@H](C)NC(=O)[C@@H](CC(C)C)OC(=O)/C(C)=C/C[C@H](OC(=O)NCCOP(=O)(O)OP(=O)(O)OCCOCCOCCOCCCC(=O)CCCCCN2C(=O)C=CC2=O)[C@@H]1C. The Morgan fingerprint density at radius 1 is 0.747 bits per heavy atom. The number of benzene rings is 1. The summed E-state index contributed by atoms with van der Waals surface area (Å²) in [6.45, 7) is 14.6. The molecule has 99 heavy (non-hydrogen) atoms. The van der Waals surface area contributed by atoms with Gasteiger partial charge in [0.1, 0.15) is 42.2 Å². The summed E-state index contributed by atoms with van der Waals surface area (Å²) in [6.07, 6.45) is 3.81. The second-order valence-corrected chi connectivity index (χ2v) is 27.7. The molecule has 33 heteroatoms. The third kappa shape index (κ3) is 32.0.